The van der Waals surface area contributed by atoms with Gasteiger partial charge in [-0.2, -0.15) is 0 Å². The number of nitrogens with zero attached hydrogens (tertiary/aromatic N) is 3. The van der Waals surface area contributed by atoms with Crippen molar-refractivity contribution in [3.05, 3.63) is 83.9 Å². The van der Waals surface area contributed by atoms with E-state index < -0.39 is 0 Å². The Morgan fingerprint density at radius 2 is 1.83 bits per heavy atom. The number of nitrogens with two attached hydrogens (primary N) is 1. The minimum absolute atomic E-state index is 0.0336. The maximum Gasteiger partial charge on any atom is 0.255 e. The molecular formula is C24H28N4O. The van der Waals surface area contributed by atoms with Gasteiger partial charge in [0.25, 0.3) is 5.91 Å². The number of hydrogen-bond donors (Lipinski definition) is 1. The quantitative estimate of drug-likeness (QED) is 0.567. The third kappa shape index (κ3) is 5.96. The first-order chi connectivity index (χ1) is 14.2. The normalized spacial score (nSPS) is 10.7. The molecule has 2 aromatic heterocycles. The summed E-state index contributed by atoms with van der Waals surface area (Å²) in [6.07, 6.45) is 9.11. The van der Waals surface area contributed by atoms with Crippen molar-refractivity contribution in [3.8, 4) is 11.1 Å². The predicted molar refractivity (Wildman–Crippen MR) is 117 cm³/mol. The van der Waals surface area contributed by atoms with Crippen molar-refractivity contribution in [3.63, 3.8) is 0 Å². The molecule has 3 aromatic rings. The lowest BCUT2D eigenvalue weighted by molar-refractivity contribution is 0.0796. The zero-order chi connectivity index (χ0) is 20.5. The maximum absolute atomic E-state index is 12.8. The number of benzene rings is 1. The summed E-state index contributed by atoms with van der Waals surface area (Å²) in [6, 6.07) is 16.2. The minimum atomic E-state index is -0.0336. The number of unbranched alkanes of at least 4 members (excludes halogenated alkanes) is 1. The first-order valence-corrected chi connectivity index (χ1v) is 10.1. The molecule has 2 N–H and O–H groups in total. The van der Waals surface area contributed by atoms with Gasteiger partial charge in [0.2, 0.25) is 0 Å². The lowest BCUT2D eigenvalue weighted by Crippen LogP contribution is -2.29. The molecule has 2 heterocycles. The largest absolute Gasteiger partial charge is 0.341 e. The highest BCUT2D eigenvalue weighted by Gasteiger charge is 2.13. The third-order valence-corrected chi connectivity index (χ3v) is 4.97. The monoisotopic (exact) mass is 388 g/mol. The van der Waals surface area contributed by atoms with E-state index in [9.17, 15) is 4.79 Å². The molecule has 0 fully saturated rings. The second-order valence-electron chi connectivity index (χ2n) is 7.20. The molecular weight excluding hydrogens is 360 g/mol. The molecule has 0 unspecified atom stereocenters. The first-order valence-electron chi connectivity index (χ1n) is 10.1. The molecule has 3 rings (SSSR count). The first kappa shape index (κ1) is 20.7. The Kier molecular flexibility index (Phi) is 7.47. The number of carbonyl (C=O) groups excluding carboxylic acids is 1. The van der Waals surface area contributed by atoms with Crippen molar-refractivity contribution in [1.82, 2.24) is 14.9 Å². The van der Waals surface area contributed by atoms with Crippen molar-refractivity contribution in [2.24, 2.45) is 5.73 Å². The van der Waals surface area contributed by atoms with Crippen molar-refractivity contribution in [1.29, 1.82) is 0 Å². The van der Waals surface area contributed by atoms with Crippen LogP contribution in [0.4, 0.5) is 0 Å². The molecule has 0 bridgehead atoms. The van der Waals surface area contributed by atoms with Gasteiger partial charge >= 0.3 is 0 Å². The summed E-state index contributed by atoms with van der Waals surface area (Å²) in [5, 5.41) is 0. The average Bonchev–Trinajstić information content (AvgIpc) is 2.78. The topological polar surface area (TPSA) is 72.1 Å². The van der Waals surface area contributed by atoms with E-state index >= 15 is 0 Å². The smallest absolute Gasteiger partial charge is 0.255 e. The maximum atomic E-state index is 12.8. The standard InChI is InChI=1S/C24H28N4O/c1-28(15-12-23-7-3-5-14-27-23)24(29)22-16-21(17-26-18-22)20-10-8-19(9-11-20)6-2-4-13-25/h3,5,7-11,14,16-18H,2,4,6,12-13,15,25H2,1H3. The van der Waals surface area contributed by atoms with Crippen LogP contribution in [0, 0.1) is 0 Å². The number of pyridine rings is 2. The van der Waals surface area contributed by atoms with Crippen molar-refractivity contribution < 1.29 is 4.79 Å². The summed E-state index contributed by atoms with van der Waals surface area (Å²) in [5.41, 5.74) is 10.4. The van der Waals surface area contributed by atoms with Crippen LogP contribution in [-0.4, -0.2) is 40.9 Å². The Morgan fingerprint density at radius 3 is 2.55 bits per heavy atom. The third-order valence-electron chi connectivity index (χ3n) is 4.97. The van der Waals surface area contributed by atoms with Crippen LogP contribution in [0.5, 0.6) is 0 Å². The number of likely N-dealkylation sites (N-methyl/N-ethyl adjacent to an activating group) is 1. The van der Waals surface area contributed by atoms with Gasteiger partial charge in [0.1, 0.15) is 0 Å². The van der Waals surface area contributed by atoms with Gasteiger partial charge in [0.05, 0.1) is 5.56 Å². The fraction of sp³-hybridized carbons (Fsp3) is 0.292. The van der Waals surface area contributed by atoms with Crippen LogP contribution >= 0.6 is 0 Å². The molecule has 150 valence electrons. The van der Waals surface area contributed by atoms with Gasteiger partial charge in [-0.25, -0.2) is 0 Å². The van der Waals surface area contributed by atoms with Crippen LogP contribution in [0.15, 0.2) is 67.1 Å². The van der Waals surface area contributed by atoms with E-state index in [2.05, 4.69) is 34.2 Å². The molecule has 0 aliphatic carbocycles. The zero-order valence-electron chi connectivity index (χ0n) is 16.9. The van der Waals surface area contributed by atoms with Crippen molar-refractivity contribution >= 4 is 5.91 Å². The van der Waals surface area contributed by atoms with Crippen LogP contribution in [0.1, 0.15) is 34.5 Å². The van der Waals surface area contributed by atoms with E-state index in [4.69, 9.17) is 5.73 Å². The molecule has 0 aliphatic heterocycles. The van der Waals surface area contributed by atoms with Gasteiger partial charge < -0.3 is 10.6 Å². The SMILES string of the molecule is CN(CCc1ccccn1)C(=O)c1cncc(-c2ccc(CCCCN)cc2)c1. The predicted octanol–water partition coefficient (Wildman–Crippen LogP) is 3.74. The molecule has 0 aliphatic rings. The highest BCUT2D eigenvalue weighted by atomic mass is 16.2. The molecule has 0 saturated heterocycles. The van der Waals surface area contributed by atoms with Gasteiger partial charge in [-0.05, 0) is 55.1 Å². The lowest BCUT2D eigenvalue weighted by atomic mass is 10.0. The van der Waals surface area contributed by atoms with E-state index in [-0.39, 0.29) is 5.91 Å². The Bertz CT molecular complexity index is 910. The van der Waals surface area contributed by atoms with Crippen molar-refractivity contribution in [2.75, 3.05) is 20.1 Å². The average molecular weight is 389 g/mol. The van der Waals surface area contributed by atoms with Crippen LogP contribution in [0.3, 0.4) is 0 Å². The lowest BCUT2D eigenvalue weighted by Gasteiger charge is -2.17. The van der Waals surface area contributed by atoms with E-state index in [0.29, 0.717) is 12.1 Å². The Balaban J connectivity index is 1.64. The summed E-state index contributed by atoms with van der Waals surface area (Å²) < 4.78 is 0. The molecule has 0 atom stereocenters. The van der Waals surface area contributed by atoms with E-state index in [1.165, 1.54) is 5.56 Å². The molecule has 5 nitrogen and oxygen atoms in total. The van der Waals surface area contributed by atoms with Gasteiger partial charge in [-0.1, -0.05) is 30.3 Å². The van der Waals surface area contributed by atoms with Crippen LogP contribution < -0.4 is 5.73 Å². The molecule has 5 heteroatoms. The van der Waals surface area contributed by atoms with Gasteiger partial charge in [0.15, 0.2) is 0 Å². The van der Waals surface area contributed by atoms with Gasteiger partial charge in [-0.15, -0.1) is 0 Å². The molecule has 0 spiro atoms. The summed E-state index contributed by atoms with van der Waals surface area (Å²) >= 11 is 0. The number of amides is 1. The van der Waals surface area contributed by atoms with Crippen LogP contribution in [-0.2, 0) is 12.8 Å². The molecule has 1 aromatic carbocycles. The van der Waals surface area contributed by atoms with E-state index in [1.807, 2.05) is 31.3 Å². The number of aromatic nitrogens is 2. The van der Waals surface area contributed by atoms with Gasteiger partial charge in [0, 0.05) is 49.9 Å². The van der Waals surface area contributed by atoms with E-state index in [0.717, 1.165) is 49.0 Å². The molecule has 1 amide bonds. The second-order valence-corrected chi connectivity index (χ2v) is 7.20. The Hall–Kier alpha value is -3.05. The molecule has 29 heavy (non-hydrogen) atoms. The number of hydrogen-bond acceptors (Lipinski definition) is 4. The highest BCUT2D eigenvalue weighted by molar-refractivity contribution is 5.94. The second kappa shape index (κ2) is 10.5. The summed E-state index contributed by atoms with van der Waals surface area (Å²) in [4.78, 5) is 23.1. The van der Waals surface area contributed by atoms with Crippen molar-refractivity contribution in [2.45, 2.75) is 25.7 Å². The highest BCUT2D eigenvalue weighted by Crippen LogP contribution is 2.21. The number of aryl methyl sites for hydroxylation is 1. The van der Waals surface area contributed by atoms with Crippen LogP contribution in [0.2, 0.25) is 0 Å². The summed E-state index contributed by atoms with van der Waals surface area (Å²) in [6.45, 7) is 1.35. The fourth-order valence-electron chi connectivity index (χ4n) is 3.20. The Morgan fingerprint density at radius 1 is 1.00 bits per heavy atom. The fourth-order valence-corrected chi connectivity index (χ4v) is 3.20. The number of carbonyl (C=O) groups is 1. The zero-order valence-corrected chi connectivity index (χ0v) is 16.9. The molecule has 0 radical (unpaired) electrons. The number of rotatable bonds is 9. The van der Waals surface area contributed by atoms with Crippen LogP contribution in [0.25, 0.3) is 11.1 Å². The summed E-state index contributed by atoms with van der Waals surface area (Å²) in [5.74, 6) is -0.0336. The van der Waals surface area contributed by atoms with Gasteiger partial charge in [-0.3, -0.25) is 14.8 Å². The summed E-state index contributed by atoms with van der Waals surface area (Å²) in [7, 11) is 1.81. The molecule has 0 saturated carbocycles. The van der Waals surface area contributed by atoms with E-state index in [1.54, 1.807) is 23.5 Å². The Labute approximate surface area is 172 Å². The minimum Gasteiger partial charge on any atom is -0.341 e.